The van der Waals surface area contributed by atoms with Crippen LogP contribution in [0.1, 0.15) is 84.0 Å². The predicted octanol–water partition coefficient (Wildman–Crippen LogP) is 3.90. The van der Waals surface area contributed by atoms with E-state index >= 15 is 0 Å². The molecule has 5 nitrogen and oxygen atoms in total. The summed E-state index contributed by atoms with van der Waals surface area (Å²) in [4.78, 5) is 24.8. The minimum absolute atomic E-state index is 0.0145. The van der Waals surface area contributed by atoms with Crippen molar-refractivity contribution in [1.82, 2.24) is 4.90 Å². The Kier molecular flexibility index (Phi) is 9.05. The molecular weight excluding hydrogens is 354 g/mol. The molecule has 156 valence electrons. The van der Waals surface area contributed by atoms with Crippen LogP contribution < -0.4 is 0 Å². The summed E-state index contributed by atoms with van der Waals surface area (Å²) in [5.74, 6) is 5.33. The van der Waals surface area contributed by atoms with Crippen molar-refractivity contribution < 1.29 is 19.8 Å². The molecule has 0 aromatic heterocycles. The zero-order chi connectivity index (χ0) is 20.4. The van der Waals surface area contributed by atoms with Gasteiger partial charge in [-0.3, -0.25) is 9.59 Å². The number of amides is 1. The molecule has 2 fully saturated rings. The Labute approximate surface area is 169 Å². The van der Waals surface area contributed by atoms with Crippen molar-refractivity contribution in [2.45, 2.75) is 96.1 Å². The molecule has 1 unspecified atom stereocenters. The van der Waals surface area contributed by atoms with Crippen LogP contribution in [0.4, 0.5) is 0 Å². The number of aliphatic hydroxyl groups is 1. The predicted molar refractivity (Wildman–Crippen MR) is 110 cm³/mol. The van der Waals surface area contributed by atoms with Gasteiger partial charge in [-0.1, -0.05) is 37.8 Å². The van der Waals surface area contributed by atoms with Crippen molar-refractivity contribution in [3.8, 4) is 11.8 Å². The highest BCUT2D eigenvalue weighted by atomic mass is 16.4. The quantitative estimate of drug-likeness (QED) is 0.337. The maximum atomic E-state index is 12.5. The van der Waals surface area contributed by atoms with Crippen molar-refractivity contribution in [2.24, 2.45) is 5.41 Å². The molecule has 1 saturated carbocycles. The summed E-state index contributed by atoms with van der Waals surface area (Å²) in [5.41, 5.74) is 0.346. The highest BCUT2D eigenvalue weighted by Crippen LogP contribution is 2.53. The van der Waals surface area contributed by atoms with E-state index in [4.69, 9.17) is 5.11 Å². The van der Waals surface area contributed by atoms with Crippen LogP contribution in [0.3, 0.4) is 0 Å². The first-order valence-electron chi connectivity index (χ1n) is 10.8. The molecule has 1 amide bonds. The smallest absolute Gasteiger partial charge is 0.303 e. The molecule has 1 aliphatic heterocycles. The van der Waals surface area contributed by atoms with Crippen LogP contribution in [0.2, 0.25) is 0 Å². The molecule has 28 heavy (non-hydrogen) atoms. The fourth-order valence-corrected chi connectivity index (χ4v) is 4.11. The monoisotopic (exact) mass is 389 g/mol. The molecule has 1 heterocycles. The molecule has 5 heteroatoms. The number of aliphatic hydroxyl groups excluding tert-OH is 1. The largest absolute Gasteiger partial charge is 0.481 e. The number of carboxylic acid groups (broad SMARTS) is 1. The molecule has 0 aromatic rings. The van der Waals surface area contributed by atoms with Crippen LogP contribution >= 0.6 is 0 Å². The minimum atomic E-state index is -0.805. The average Bonchev–Trinajstić information content (AvgIpc) is 3.41. The summed E-state index contributed by atoms with van der Waals surface area (Å²) < 4.78 is 0. The number of nitrogens with zero attached hydrogens (tertiary/aromatic N) is 1. The van der Waals surface area contributed by atoms with Crippen molar-refractivity contribution in [3.05, 3.63) is 12.2 Å². The van der Waals surface area contributed by atoms with Crippen molar-refractivity contribution in [2.75, 3.05) is 6.54 Å². The van der Waals surface area contributed by atoms with Gasteiger partial charge in [0.1, 0.15) is 0 Å². The van der Waals surface area contributed by atoms with Gasteiger partial charge < -0.3 is 15.1 Å². The van der Waals surface area contributed by atoms with E-state index in [1.54, 1.807) is 0 Å². The number of rotatable bonds is 10. The van der Waals surface area contributed by atoms with Gasteiger partial charge in [0, 0.05) is 19.3 Å². The molecule has 1 aliphatic carbocycles. The number of aliphatic carboxylic acids is 1. The lowest BCUT2D eigenvalue weighted by Gasteiger charge is -2.26. The molecule has 2 atom stereocenters. The number of carboxylic acids is 1. The van der Waals surface area contributed by atoms with Crippen LogP contribution in [0.5, 0.6) is 0 Å². The lowest BCUT2D eigenvalue weighted by molar-refractivity contribution is -0.137. The van der Waals surface area contributed by atoms with Crippen molar-refractivity contribution >= 4 is 11.9 Å². The number of carbonyl (C=O) groups excluding carboxylic acids is 1. The molecule has 0 radical (unpaired) electrons. The zero-order valence-electron chi connectivity index (χ0n) is 17.2. The van der Waals surface area contributed by atoms with Crippen LogP contribution in [0, 0.1) is 17.3 Å². The Morgan fingerprint density at radius 3 is 2.82 bits per heavy atom. The maximum absolute atomic E-state index is 12.5. The molecule has 0 spiro atoms. The van der Waals surface area contributed by atoms with E-state index in [9.17, 15) is 14.7 Å². The standard InChI is InChI=1S/C23H35NO4/c1-2-14-23(15-16-23)18-20(25)13-12-19-9-6-7-10-21(26)24(19)17-8-4-3-5-11-22(27)28/h12-13,19-20,25H,2-3,5-7,9-11,14-18H2,1H3,(H,27,28)/b13-12+/t19-,20?/m1/s1. The third-order valence-electron chi connectivity index (χ3n) is 5.86. The van der Waals surface area contributed by atoms with Gasteiger partial charge >= 0.3 is 5.97 Å². The fraction of sp³-hybridized carbons (Fsp3) is 0.739. The van der Waals surface area contributed by atoms with Gasteiger partial charge in [0.2, 0.25) is 5.91 Å². The second-order valence-electron chi connectivity index (χ2n) is 8.34. The first-order valence-corrected chi connectivity index (χ1v) is 10.8. The normalized spacial score (nSPS) is 22.4. The van der Waals surface area contributed by atoms with Crippen molar-refractivity contribution in [1.29, 1.82) is 0 Å². The Hall–Kier alpha value is -1.80. The van der Waals surface area contributed by atoms with Crippen molar-refractivity contribution in [3.63, 3.8) is 0 Å². The minimum Gasteiger partial charge on any atom is -0.481 e. The SMILES string of the molecule is CCCC1(CC(O)/C=C/[C@H]2CCCCC(=O)N2CC#CCCCC(=O)O)CC1. The second-order valence-corrected chi connectivity index (χ2v) is 8.34. The molecule has 0 aromatic carbocycles. The van der Waals surface area contributed by atoms with Crippen LogP contribution in [0.15, 0.2) is 12.2 Å². The molecule has 0 bridgehead atoms. The van der Waals surface area contributed by atoms with E-state index in [-0.39, 0.29) is 18.4 Å². The van der Waals surface area contributed by atoms with E-state index in [2.05, 4.69) is 18.8 Å². The second kappa shape index (κ2) is 11.3. The van der Waals surface area contributed by atoms with Crippen LogP contribution in [0.25, 0.3) is 0 Å². The van der Waals surface area contributed by atoms with Gasteiger partial charge in [-0.25, -0.2) is 0 Å². The van der Waals surface area contributed by atoms with Gasteiger partial charge in [-0.2, -0.15) is 0 Å². The van der Waals surface area contributed by atoms with Gasteiger partial charge in [-0.05, 0) is 50.4 Å². The summed E-state index contributed by atoms with van der Waals surface area (Å²) >= 11 is 0. The van der Waals surface area contributed by atoms with E-state index in [1.807, 2.05) is 17.1 Å². The highest BCUT2D eigenvalue weighted by molar-refractivity contribution is 5.77. The summed E-state index contributed by atoms with van der Waals surface area (Å²) in [6, 6.07) is -0.0145. The van der Waals surface area contributed by atoms with Gasteiger partial charge in [0.15, 0.2) is 0 Å². The van der Waals surface area contributed by atoms with Crippen LogP contribution in [-0.4, -0.2) is 45.7 Å². The third-order valence-corrected chi connectivity index (χ3v) is 5.86. The van der Waals surface area contributed by atoms with E-state index in [0.29, 0.717) is 31.2 Å². The third kappa shape index (κ3) is 7.67. The average molecular weight is 390 g/mol. The Morgan fingerprint density at radius 2 is 2.14 bits per heavy atom. The molecule has 2 rings (SSSR count). The summed E-state index contributed by atoms with van der Waals surface area (Å²) in [6.07, 6.45) is 13.6. The Bertz CT molecular complexity index is 612. The number of likely N-dealkylation sites (tertiary alicyclic amines) is 1. The van der Waals surface area contributed by atoms with Crippen LogP contribution in [-0.2, 0) is 9.59 Å². The highest BCUT2D eigenvalue weighted by Gasteiger charge is 2.42. The molecule has 1 saturated heterocycles. The number of carbonyl (C=O) groups is 2. The lowest BCUT2D eigenvalue weighted by atomic mass is 9.93. The summed E-state index contributed by atoms with van der Waals surface area (Å²) in [7, 11) is 0. The molecule has 2 aliphatic rings. The van der Waals surface area contributed by atoms with E-state index in [0.717, 1.165) is 32.1 Å². The first kappa shape index (κ1) is 22.5. The Morgan fingerprint density at radius 1 is 1.36 bits per heavy atom. The number of hydrogen-bond acceptors (Lipinski definition) is 3. The fourth-order valence-electron chi connectivity index (χ4n) is 4.11. The zero-order valence-corrected chi connectivity index (χ0v) is 17.2. The van der Waals surface area contributed by atoms with Gasteiger partial charge in [-0.15, -0.1) is 5.92 Å². The number of hydrogen-bond donors (Lipinski definition) is 2. The van der Waals surface area contributed by atoms with E-state index in [1.165, 1.54) is 19.3 Å². The number of unbranched alkanes of at least 4 members (excludes halogenated alkanes) is 1. The Balaban J connectivity index is 1.90. The summed E-state index contributed by atoms with van der Waals surface area (Å²) in [5, 5.41) is 19.1. The van der Waals surface area contributed by atoms with Gasteiger partial charge in [0.25, 0.3) is 0 Å². The lowest BCUT2D eigenvalue weighted by Crippen LogP contribution is -2.38. The maximum Gasteiger partial charge on any atom is 0.303 e. The molecule has 2 N–H and O–H groups in total. The van der Waals surface area contributed by atoms with Gasteiger partial charge in [0.05, 0.1) is 18.7 Å². The van der Waals surface area contributed by atoms with E-state index < -0.39 is 12.1 Å². The first-order chi connectivity index (χ1) is 13.5. The summed E-state index contributed by atoms with van der Waals surface area (Å²) in [6.45, 7) is 2.57. The molecular formula is C23H35NO4. The topological polar surface area (TPSA) is 77.8 Å².